The van der Waals surface area contributed by atoms with Crippen LogP contribution in [0.4, 0.5) is 5.95 Å². The minimum Gasteiger partial charge on any atom is -0.338 e. The molecule has 0 bridgehead atoms. The fraction of sp³-hybridized carbons (Fsp3) is 0.636. The number of anilines is 1. The highest BCUT2D eigenvalue weighted by molar-refractivity contribution is 5.34. The van der Waals surface area contributed by atoms with Crippen molar-refractivity contribution in [2.45, 2.75) is 6.04 Å². The quantitative estimate of drug-likeness (QED) is 0.731. The average molecular weight is 219 g/mol. The first-order chi connectivity index (χ1) is 7.93. The molecule has 0 amide bonds. The lowest BCUT2D eigenvalue weighted by Crippen LogP contribution is -2.63. The summed E-state index contributed by atoms with van der Waals surface area (Å²) in [5, 5.41) is 3.38. The molecule has 86 valence electrons. The average Bonchev–Trinajstić information content (AvgIpc) is 2.30. The standard InChI is InChI=1S/C11H17N5/c1-2-13-11(14-3-1)16-8-10(9-16)15-6-4-12-5-7-15/h1-3,10,12H,4-9H2. The van der Waals surface area contributed by atoms with Gasteiger partial charge in [0, 0.05) is 57.7 Å². The third kappa shape index (κ3) is 1.88. The van der Waals surface area contributed by atoms with Gasteiger partial charge < -0.3 is 10.2 Å². The van der Waals surface area contributed by atoms with Crippen LogP contribution in [-0.4, -0.2) is 60.2 Å². The molecule has 0 radical (unpaired) electrons. The Labute approximate surface area is 95.5 Å². The molecule has 0 aliphatic carbocycles. The number of nitrogens with one attached hydrogen (secondary N) is 1. The highest BCUT2D eigenvalue weighted by Gasteiger charge is 2.33. The molecule has 0 spiro atoms. The summed E-state index contributed by atoms with van der Waals surface area (Å²) < 4.78 is 0. The first-order valence-corrected chi connectivity index (χ1v) is 5.90. The van der Waals surface area contributed by atoms with Crippen LogP contribution >= 0.6 is 0 Å². The predicted molar refractivity (Wildman–Crippen MR) is 62.5 cm³/mol. The zero-order valence-corrected chi connectivity index (χ0v) is 9.34. The van der Waals surface area contributed by atoms with E-state index in [1.165, 1.54) is 13.1 Å². The Morgan fingerprint density at radius 1 is 1.12 bits per heavy atom. The molecule has 2 fully saturated rings. The number of rotatable bonds is 2. The molecule has 2 aliphatic heterocycles. The lowest BCUT2D eigenvalue weighted by atomic mass is 10.1. The number of hydrogen-bond acceptors (Lipinski definition) is 5. The molecule has 0 unspecified atom stereocenters. The predicted octanol–water partition coefficient (Wildman–Crippen LogP) is -0.430. The second-order valence-corrected chi connectivity index (χ2v) is 4.39. The Kier molecular flexibility index (Phi) is 2.71. The second kappa shape index (κ2) is 4.35. The minimum absolute atomic E-state index is 0.700. The molecule has 1 aromatic rings. The summed E-state index contributed by atoms with van der Waals surface area (Å²) in [6, 6.07) is 2.56. The Hall–Kier alpha value is -1.20. The summed E-state index contributed by atoms with van der Waals surface area (Å²) in [4.78, 5) is 13.3. The summed E-state index contributed by atoms with van der Waals surface area (Å²) in [6.45, 7) is 6.74. The van der Waals surface area contributed by atoms with E-state index in [1.54, 1.807) is 12.4 Å². The molecule has 2 aliphatic rings. The molecule has 16 heavy (non-hydrogen) atoms. The van der Waals surface area contributed by atoms with Crippen LogP contribution in [0.3, 0.4) is 0 Å². The highest BCUT2D eigenvalue weighted by atomic mass is 15.4. The van der Waals surface area contributed by atoms with Gasteiger partial charge in [-0.25, -0.2) is 9.97 Å². The fourth-order valence-corrected chi connectivity index (χ4v) is 2.35. The minimum atomic E-state index is 0.700. The van der Waals surface area contributed by atoms with Gasteiger partial charge in [0.05, 0.1) is 0 Å². The van der Waals surface area contributed by atoms with E-state index in [0.29, 0.717) is 6.04 Å². The molecular weight excluding hydrogens is 202 g/mol. The monoisotopic (exact) mass is 219 g/mol. The van der Waals surface area contributed by atoms with Crippen LogP contribution in [0.2, 0.25) is 0 Å². The zero-order chi connectivity index (χ0) is 10.8. The molecular formula is C11H17N5. The Morgan fingerprint density at radius 2 is 1.81 bits per heavy atom. The number of hydrogen-bond donors (Lipinski definition) is 1. The van der Waals surface area contributed by atoms with Crippen LogP contribution in [0.1, 0.15) is 0 Å². The molecule has 5 nitrogen and oxygen atoms in total. The van der Waals surface area contributed by atoms with Crippen LogP contribution in [-0.2, 0) is 0 Å². The third-order valence-electron chi connectivity index (χ3n) is 3.37. The lowest BCUT2D eigenvalue weighted by molar-refractivity contribution is 0.146. The molecule has 1 N–H and O–H groups in total. The summed E-state index contributed by atoms with van der Waals surface area (Å²) in [7, 11) is 0. The number of aromatic nitrogens is 2. The summed E-state index contributed by atoms with van der Waals surface area (Å²) >= 11 is 0. The van der Waals surface area contributed by atoms with E-state index in [9.17, 15) is 0 Å². The van der Waals surface area contributed by atoms with Crippen LogP contribution in [0.25, 0.3) is 0 Å². The third-order valence-corrected chi connectivity index (χ3v) is 3.37. The second-order valence-electron chi connectivity index (χ2n) is 4.39. The topological polar surface area (TPSA) is 44.3 Å². The number of nitrogens with zero attached hydrogens (tertiary/aromatic N) is 4. The van der Waals surface area contributed by atoms with Gasteiger partial charge in [0.25, 0.3) is 0 Å². The van der Waals surface area contributed by atoms with Gasteiger partial charge in [0.2, 0.25) is 5.95 Å². The van der Waals surface area contributed by atoms with E-state index in [2.05, 4.69) is 25.1 Å². The van der Waals surface area contributed by atoms with E-state index >= 15 is 0 Å². The lowest BCUT2D eigenvalue weighted by Gasteiger charge is -2.46. The molecule has 0 atom stereocenters. The van der Waals surface area contributed by atoms with Crippen molar-refractivity contribution in [3.63, 3.8) is 0 Å². The van der Waals surface area contributed by atoms with Gasteiger partial charge in [-0.3, -0.25) is 4.90 Å². The van der Waals surface area contributed by atoms with Crippen LogP contribution in [0, 0.1) is 0 Å². The first-order valence-electron chi connectivity index (χ1n) is 5.90. The Bertz CT molecular complexity index is 329. The molecule has 1 aromatic heterocycles. The maximum Gasteiger partial charge on any atom is 0.225 e. The van der Waals surface area contributed by atoms with Crippen LogP contribution in [0.15, 0.2) is 18.5 Å². The Morgan fingerprint density at radius 3 is 2.50 bits per heavy atom. The summed E-state index contributed by atoms with van der Waals surface area (Å²) in [6.07, 6.45) is 3.61. The van der Waals surface area contributed by atoms with E-state index in [0.717, 1.165) is 32.1 Å². The van der Waals surface area contributed by atoms with E-state index in [-0.39, 0.29) is 0 Å². The molecule has 3 heterocycles. The van der Waals surface area contributed by atoms with Gasteiger partial charge in [0.1, 0.15) is 0 Å². The van der Waals surface area contributed by atoms with Gasteiger partial charge in [-0.15, -0.1) is 0 Å². The molecule has 3 rings (SSSR count). The first kappa shape index (κ1) is 9.99. The zero-order valence-electron chi connectivity index (χ0n) is 9.34. The largest absolute Gasteiger partial charge is 0.338 e. The Balaban J connectivity index is 1.54. The van der Waals surface area contributed by atoms with Gasteiger partial charge in [-0.05, 0) is 6.07 Å². The maximum absolute atomic E-state index is 4.26. The molecule has 5 heteroatoms. The van der Waals surface area contributed by atoms with Crippen LogP contribution in [0.5, 0.6) is 0 Å². The van der Waals surface area contributed by atoms with Gasteiger partial charge in [-0.1, -0.05) is 0 Å². The van der Waals surface area contributed by atoms with Gasteiger partial charge >= 0.3 is 0 Å². The van der Waals surface area contributed by atoms with Crippen molar-refractivity contribution in [1.82, 2.24) is 20.2 Å². The van der Waals surface area contributed by atoms with Crippen molar-refractivity contribution < 1.29 is 0 Å². The highest BCUT2D eigenvalue weighted by Crippen LogP contribution is 2.19. The molecule has 0 aromatic carbocycles. The van der Waals surface area contributed by atoms with E-state index in [1.807, 2.05) is 6.07 Å². The van der Waals surface area contributed by atoms with Crippen molar-refractivity contribution in [2.75, 3.05) is 44.2 Å². The van der Waals surface area contributed by atoms with Gasteiger partial charge in [0.15, 0.2) is 0 Å². The van der Waals surface area contributed by atoms with Crippen LogP contribution < -0.4 is 10.2 Å². The number of piperazine rings is 1. The maximum atomic E-state index is 4.26. The van der Waals surface area contributed by atoms with E-state index in [4.69, 9.17) is 0 Å². The van der Waals surface area contributed by atoms with Crippen molar-refractivity contribution in [3.8, 4) is 0 Å². The van der Waals surface area contributed by atoms with Crippen molar-refractivity contribution in [1.29, 1.82) is 0 Å². The summed E-state index contributed by atoms with van der Waals surface area (Å²) in [5.41, 5.74) is 0. The smallest absolute Gasteiger partial charge is 0.225 e. The molecule has 2 saturated heterocycles. The van der Waals surface area contributed by atoms with Crippen molar-refractivity contribution in [3.05, 3.63) is 18.5 Å². The normalized spacial score (nSPS) is 23.1. The van der Waals surface area contributed by atoms with Gasteiger partial charge in [-0.2, -0.15) is 0 Å². The molecule has 0 saturated carbocycles. The van der Waals surface area contributed by atoms with Crippen molar-refractivity contribution >= 4 is 5.95 Å². The van der Waals surface area contributed by atoms with Crippen molar-refractivity contribution in [2.24, 2.45) is 0 Å². The fourth-order valence-electron chi connectivity index (χ4n) is 2.35. The van der Waals surface area contributed by atoms with E-state index < -0.39 is 0 Å². The summed E-state index contributed by atoms with van der Waals surface area (Å²) in [5.74, 6) is 0.869. The SMILES string of the molecule is c1cnc(N2CC(N3CCNCC3)C2)nc1.